The van der Waals surface area contributed by atoms with Crippen LogP contribution in [-0.2, 0) is 18.4 Å². The number of amides is 3. The normalized spacial score (nSPS) is 19.6. The lowest BCUT2D eigenvalue weighted by atomic mass is 10.2. The summed E-state index contributed by atoms with van der Waals surface area (Å²) in [5, 5.41) is 9.77. The fraction of sp³-hybridized carbons (Fsp3) is 0.524. The summed E-state index contributed by atoms with van der Waals surface area (Å²) in [4.78, 5) is 33.5. The molecule has 0 saturated carbocycles. The summed E-state index contributed by atoms with van der Waals surface area (Å²) < 4.78 is 1.66. The minimum absolute atomic E-state index is 0.106. The van der Waals surface area contributed by atoms with Crippen molar-refractivity contribution in [2.24, 2.45) is 7.05 Å². The number of urea groups is 1. The van der Waals surface area contributed by atoms with Gasteiger partial charge in [0.2, 0.25) is 5.91 Å². The zero-order valence-electron chi connectivity index (χ0n) is 17.4. The number of aryl methyl sites for hydroxylation is 1. The number of rotatable bonds is 5. The lowest BCUT2D eigenvalue weighted by Crippen LogP contribution is -2.45. The third-order valence-corrected chi connectivity index (χ3v) is 5.71. The van der Waals surface area contributed by atoms with Gasteiger partial charge in [-0.2, -0.15) is 5.10 Å². The van der Waals surface area contributed by atoms with Crippen molar-refractivity contribution in [3.05, 3.63) is 36.3 Å². The van der Waals surface area contributed by atoms with Gasteiger partial charge in [-0.3, -0.25) is 9.48 Å². The summed E-state index contributed by atoms with van der Waals surface area (Å²) in [7, 11) is 1.81. The van der Waals surface area contributed by atoms with Crippen LogP contribution in [0.4, 0.5) is 16.3 Å². The molecule has 0 bridgehead atoms. The third kappa shape index (κ3) is 4.72. The maximum atomic E-state index is 12.6. The van der Waals surface area contributed by atoms with E-state index in [1.54, 1.807) is 28.2 Å². The number of carbonyl (C=O) groups is 2. The van der Waals surface area contributed by atoms with Crippen molar-refractivity contribution in [3.8, 4) is 0 Å². The van der Waals surface area contributed by atoms with Gasteiger partial charge >= 0.3 is 6.03 Å². The molecule has 9 heteroatoms. The second kappa shape index (κ2) is 9.15. The molecule has 2 N–H and O–H groups in total. The number of anilines is 2. The van der Waals surface area contributed by atoms with E-state index in [9.17, 15) is 9.59 Å². The molecular weight excluding hydrogens is 382 g/mol. The zero-order valence-corrected chi connectivity index (χ0v) is 17.4. The Morgan fingerprint density at radius 3 is 2.73 bits per heavy atom. The van der Waals surface area contributed by atoms with Crippen LogP contribution in [0, 0.1) is 0 Å². The Labute approximate surface area is 176 Å². The number of carbonyl (C=O) groups excluding carboxylic acids is 2. The van der Waals surface area contributed by atoms with E-state index in [0.717, 1.165) is 30.2 Å². The molecule has 2 aliphatic rings. The lowest BCUT2D eigenvalue weighted by Gasteiger charge is -2.22. The van der Waals surface area contributed by atoms with Crippen LogP contribution in [0.2, 0.25) is 0 Å². The molecule has 9 nitrogen and oxygen atoms in total. The van der Waals surface area contributed by atoms with Gasteiger partial charge in [-0.1, -0.05) is 12.8 Å². The minimum atomic E-state index is -0.518. The second-order valence-electron chi connectivity index (χ2n) is 7.95. The predicted octanol–water partition coefficient (Wildman–Crippen LogP) is 1.80. The average molecular weight is 412 g/mol. The highest BCUT2D eigenvalue weighted by atomic mass is 16.2. The fourth-order valence-electron chi connectivity index (χ4n) is 4.05. The van der Waals surface area contributed by atoms with Crippen LogP contribution in [0.25, 0.3) is 0 Å². The SMILES string of the molecule is Cn1cc(N2CCC(NC(=O)NCc3ccnc(N4CCCCCC4)c3)C2=O)cn1. The van der Waals surface area contributed by atoms with Crippen LogP contribution in [0.3, 0.4) is 0 Å². The van der Waals surface area contributed by atoms with Crippen molar-refractivity contribution in [1.82, 2.24) is 25.4 Å². The van der Waals surface area contributed by atoms with E-state index in [4.69, 9.17) is 0 Å². The molecule has 0 aromatic carbocycles. The highest BCUT2D eigenvalue weighted by Crippen LogP contribution is 2.21. The standard InChI is InChI=1S/C21H29N7O2/c1-26-15-17(14-24-26)28-11-7-18(20(28)29)25-21(30)23-13-16-6-8-22-19(12-16)27-9-4-2-3-5-10-27/h6,8,12,14-15,18H,2-5,7,9-11,13H2,1H3,(H2,23,25,30). The molecule has 2 fully saturated rings. The fourth-order valence-corrected chi connectivity index (χ4v) is 4.05. The zero-order chi connectivity index (χ0) is 20.9. The Hall–Kier alpha value is -3.10. The molecular formula is C21H29N7O2. The maximum absolute atomic E-state index is 12.6. The number of nitrogens with one attached hydrogen (secondary N) is 2. The van der Waals surface area contributed by atoms with Gasteiger partial charge in [0.15, 0.2) is 0 Å². The first-order chi connectivity index (χ1) is 14.6. The quantitative estimate of drug-likeness (QED) is 0.782. The summed E-state index contributed by atoms with van der Waals surface area (Å²) in [5.41, 5.74) is 1.75. The number of pyridine rings is 1. The number of hydrogen-bond acceptors (Lipinski definition) is 5. The molecule has 4 heterocycles. The molecule has 0 radical (unpaired) electrons. The van der Waals surface area contributed by atoms with Crippen LogP contribution in [0.5, 0.6) is 0 Å². The van der Waals surface area contributed by atoms with E-state index in [1.807, 2.05) is 19.2 Å². The smallest absolute Gasteiger partial charge is 0.315 e. The van der Waals surface area contributed by atoms with Crippen LogP contribution in [0.15, 0.2) is 30.7 Å². The summed E-state index contributed by atoms with van der Waals surface area (Å²) in [6, 6.07) is 3.09. The Kier molecular flexibility index (Phi) is 6.15. The molecule has 1 unspecified atom stereocenters. The van der Waals surface area contributed by atoms with Gasteiger partial charge in [-0.15, -0.1) is 0 Å². The molecule has 160 valence electrons. The highest BCUT2D eigenvalue weighted by molar-refractivity contribution is 6.01. The number of hydrogen-bond donors (Lipinski definition) is 2. The minimum Gasteiger partial charge on any atom is -0.357 e. The first kappa shape index (κ1) is 20.2. The molecule has 0 aliphatic carbocycles. The van der Waals surface area contributed by atoms with Gasteiger partial charge in [0.1, 0.15) is 11.9 Å². The van der Waals surface area contributed by atoms with Gasteiger partial charge in [0, 0.05) is 45.6 Å². The van der Waals surface area contributed by atoms with Crippen molar-refractivity contribution in [1.29, 1.82) is 0 Å². The molecule has 2 aromatic rings. The first-order valence-corrected chi connectivity index (χ1v) is 10.6. The largest absolute Gasteiger partial charge is 0.357 e. The van der Waals surface area contributed by atoms with Gasteiger partial charge in [-0.05, 0) is 37.0 Å². The van der Waals surface area contributed by atoms with E-state index in [2.05, 4.69) is 25.6 Å². The van der Waals surface area contributed by atoms with Crippen molar-refractivity contribution >= 4 is 23.4 Å². The van der Waals surface area contributed by atoms with Crippen molar-refractivity contribution in [2.45, 2.75) is 44.7 Å². The van der Waals surface area contributed by atoms with Gasteiger partial charge in [0.05, 0.1) is 11.9 Å². The van der Waals surface area contributed by atoms with E-state index in [0.29, 0.717) is 19.5 Å². The lowest BCUT2D eigenvalue weighted by molar-refractivity contribution is -0.118. The second-order valence-corrected chi connectivity index (χ2v) is 7.95. The van der Waals surface area contributed by atoms with Gasteiger partial charge < -0.3 is 20.4 Å². The Balaban J connectivity index is 1.29. The van der Waals surface area contributed by atoms with E-state index in [-0.39, 0.29) is 11.9 Å². The maximum Gasteiger partial charge on any atom is 0.315 e. The highest BCUT2D eigenvalue weighted by Gasteiger charge is 2.34. The van der Waals surface area contributed by atoms with Crippen molar-refractivity contribution in [2.75, 3.05) is 29.4 Å². The molecule has 30 heavy (non-hydrogen) atoms. The Morgan fingerprint density at radius 2 is 2.00 bits per heavy atom. The predicted molar refractivity (Wildman–Crippen MR) is 114 cm³/mol. The van der Waals surface area contributed by atoms with Gasteiger partial charge in [-0.25, -0.2) is 9.78 Å². The molecule has 2 aromatic heterocycles. The summed E-state index contributed by atoms with van der Waals surface area (Å²) >= 11 is 0. The van der Waals surface area contributed by atoms with Crippen LogP contribution in [-0.4, -0.2) is 52.4 Å². The summed E-state index contributed by atoms with van der Waals surface area (Å²) in [5.74, 6) is 0.861. The monoisotopic (exact) mass is 411 g/mol. The molecule has 2 saturated heterocycles. The van der Waals surface area contributed by atoms with Crippen LogP contribution in [0.1, 0.15) is 37.7 Å². The Morgan fingerprint density at radius 1 is 1.20 bits per heavy atom. The topological polar surface area (TPSA) is 95.4 Å². The van der Waals surface area contributed by atoms with Crippen LogP contribution >= 0.6 is 0 Å². The summed E-state index contributed by atoms with van der Waals surface area (Å²) in [6.45, 7) is 3.02. The molecule has 4 rings (SSSR count). The van der Waals surface area contributed by atoms with E-state index < -0.39 is 6.04 Å². The molecule has 2 aliphatic heterocycles. The van der Waals surface area contributed by atoms with Crippen molar-refractivity contribution in [3.63, 3.8) is 0 Å². The van der Waals surface area contributed by atoms with Crippen LogP contribution < -0.4 is 20.4 Å². The molecule has 3 amide bonds. The molecule has 1 atom stereocenters. The van der Waals surface area contributed by atoms with Crippen molar-refractivity contribution < 1.29 is 9.59 Å². The van der Waals surface area contributed by atoms with E-state index >= 15 is 0 Å². The average Bonchev–Trinajstić information content (AvgIpc) is 3.21. The number of nitrogens with zero attached hydrogens (tertiary/aromatic N) is 5. The Bertz CT molecular complexity index is 889. The van der Waals surface area contributed by atoms with E-state index in [1.165, 1.54) is 25.7 Å². The third-order valence-electron chi connectivity index (χ3n) is 5.71. The number of aromatic nitrogens is 3. The first-order valence-electron chi connectivity index (χ1n) is 10.6. The summed E-state index contributed by atoms with van der Waals surface area (Å²) in [6.07, 6.45) is 10.8. The molecule has 0 spiro atoms. The van der Waals surface area contributed by atoms with Gasteiger partial charge in [0.25, 0.3) is 0 Å².